The van der Waals surface area contributed by atoms with Crippen LogP contribution in [0.5, 0.6) is 0 Å². The predicted molar refractivity (Wildman–Crippen MR) is 68.6 cm³/mol. The zero-order valence-corrected chi connectivity index (χ0v) is 11.1. The van der Waals surface area contributed by atoms with Gasteiger partial charge in [0.15, 0.2) is 5.82 Å². The van der Waals surface area contributed by atoms with Gasteiger partial charge in [-0.3, -0.25) is 0 Å². The lowest BCUT2D eigenvalue weighted by Crippen LogP contribution is -2.17. The van der Waals surface area contributed by atoms with E-state index in [9.17, 15) is 0 Å². The van der Waals surface area contributed by atoms with Crippen molar-refractivity contribution in [2.75, 3.05) is 13.7 Å². The fraction of sp³-hybridized carbons (Fsp3) is 0.273. The van der Waals surface area contributed by atoms with Crippen molar-refractivity contribution in [3.8, 4) is 11.5 Å². The minimum atomic E-state index is -0.450. The molecule has 1 heterocycles. The number of halogens is 2. The molecule has 1 atom stereocenters. The SMILES string of the molecule is COCC(N)c1noc(-c2c(Cl)cccc2Cl)n1. The Kier molecular flexibility index (Phi) is 4.19. The molecule has 0 saturated heterocycles. The summed E-state index contributed by atoms with van der Waals surface area (Å²) < 4.78 is 10.0. The van der Waals surface area contributed by atoms with Gasteiger partial charge in [-0.1, -0.05) is 34.4 Å². The number of ether oxygens (including phenoxy) is 1. The van der Waals surface area contributed by atoms with Crippen LogP contribution >= 0.6 is 23.2 Å². The van der Waals surface area contributed by atoms with Crippen LogP contribution in [0.3, 0.4) is 0 Å². The summed E-state index contributed by atoms with van der Waals surface area (Å²) in [6.45, 7) is 0.301. The van der Waals surface area contributed by atoms with Gasteiger partial charge < -0.3 is 15.0 Å². The highest BCUT2D eigenvalue weighted by molar-refractivity contribution is 6.38. The number of benzene rings is 1. The smallest absolute Gasteiger partial charge is 0.261 e. The second-order valence-corrected chi connectivity index (χ2v) is 4.43. The maximum Gasteiger partial charge on any atom is 0.261 e. The van der Waals surface area contributed by atoms with E-state index in [1.165, 1.54) is 0 Å². The fourth-order valence-electron chi connectivity index (χ4n) is 1.44. The normalized spacial score (nSPS) is 12.7. The fourth-order valence-corrected chi connectivity index (χ4v) is 2.00. The van der Waals surface area contributed by atoms with Gasteiger partial charge in [0.25, 0.3) is 5.89 Å². The summed E-state index contributed by atoms with van der Waals surface area (Å²) in [5, 5.41) is 4.67. The highest BCUT2D eigenvalue weighted by atomic mass is 35.5. The number of nitrogens with zero attached hydrogens (tertiary/aromatic N) is 2. The molecule has 0 aliphatic heterocycles. The molecule has 2 N–H and O–H groups in total. The van der Waals surface area contributed by atoms with Crippen molar-refractivity contribution in [1.82, 2.24) is 10.1 Å². The summed E-state index contributed by atoms with van der Waals surface area (Å²) in [5.41, 5.74) is 6.30. The Hall–Kier alpha value is -1.14. The van der Waals surface area contributed by atoms with E-state index in [-0.39, 0.29) is 5.89 Å². The third kappa shape index (κ3) is 2.64. The first kappa shape index (κ1) is 13.3. The molecule has 0 amide bonds. The molecule has 0 bridgehead atoms. The molecule has 0 saturated carbocycles. The van der Waals surface area contributed by atoms with Gasteiger partial charge in [-0.25, -0.2) is 0 Å². The molecule has 1 aromatic carbocycles. The standard InChI is InChI=1S/C11H11Cl2N3O2/c1-17-5-8(14)10-15-11(18-16-10)9-6(12)3-2-4-7(9)13/h2-4,8H,5,14H2,1H3. The van der Waals surface area contributed by atoms with E-state index in [1.54, 1.807) is 25.3 Å². The third-order valence-corrected chi connectivity index (χ3v) is 2.93. The third-order valence-electron chi connectivity index (χ3n) is 2.30. The van der Waals surface area contributed by atoms with E-state index in [2.05, 4.69) is 10.1 Å². The topological polar surface area (TPSA) is 74.2 Å². The van der Waals surface area contributed by atoms with Crippen molar-refractivity contribution in [1.29, 1.82) is 0 Å². The number of hydrogen-bond donors (Lipinski definition) is 1. The van der Waals surface area contributed by atoms with Crippen LogP contribution in [0.15, 0.2) is 22.7 Å². The molecule has 0 fully saturated rings. The Balaban J connectivity index is 2.35. The highest BCUT2D eigenvalue weighted by Gasteiger charge is 2.18. The van der Waals surface area contributed by atoms with Crippen LogP contribution < -0.4 is 5.73 Å². The van der Waals surface area contributed by atoms with Crippen molar-refractivity contribution in [3.63, 3.8) is 0 Å². The monoisotopic (exact) mass is 287 g/mol. The Morgan fingerprint density at radius 3 is 2.67 bits per heavy atom. The predicted octanol–water partition coefficient (Wildman–Crippen LogP) is 2.69. The molecule has 7 heteroatoms. The van der Waals surface area contributed by atoms with Crippen molar-refractivity contribution < 1.29 is 9.26 Å². The molecule has 0 aliphatic rings. The Morgan fingerprint density at radius 2 is 2.06 bits per heavy atom. The maximum absolute atomic E-state index is 6.05. The maximum atomic E-state index is 6.05. The lowest BCUT2D eigenvalue weighted by Gasteiger charge is -2.03. The lowest BCUT2D eigenvalue weighted by molar-refractivity contribution is 0.177. The first-order valence-corrected chi connectivity index (χ1v) is 5.91. The second-order valence-electron chi connectivity index (χ2n) is 3.62. The first-order chi connectivity index (χ1) is 8.63. The molecule has 2 rings (SSSR count). The van der Waals surface area contributed by atoms with Crippen LogP contribution in [0.4, 0.5) is 0 Å². The van der Waals surface area contributed by atoms with E-state index >= 15 is 0 Å². The quantitative estimate of drug-likeness (QED) is 0.936. The van der Waals surface area contributed by atoms with E-state index in [0.29, 0.717) is 28.0 Å². The molecule has 96 valence electrons. The Labute approximate surface area is 114 Å². The molecular weight excluding hydrogens is 277 g/mol. The van der Waals surface area contributed by atoms with Crippen LogP contribution in [0.2, 0.25) is 10.0 Å². The van der Waals surface area contributed by atoms with Gasteiger partial charge in [0.05, 0.1) is 28.3 Å². The van der Waals surface area contributed by atoms with E-state index in [4.69, 9.17) is 38.2 Å². The summed E-state index contributed by atoms with van der Waals surface area (Å²) in [6.07, 6.45) is 0. The van der Waals surface area contributed by atoms with Gasteiger partial charge in [0, 0.05) is 7.11 Å². The molecule has 2 aromatic rings. The van der Waals surface area contributed by atoms with Gasteiger partial charge >= 0.3 is 0 Å². The minimum absolute atomic E-state index is 0.243. The first-order valence-electron chi connectivity index (χ1n) is 5.16. The number of hydrogen-bond acceptors (Lipinski definition) is 5. The lowest BCUT2D eigenvalue weighted by atomic mass is 10.2. The van der Waals surface area contributed by atoms with E-state index in [1.807, 2.05) is 0 Å². The summed E-state index contributed by atoms with van der Waals surface area (Å²) in [4.78, 5) is 4.17. The van der Waals surface area contributed by atoms with Crippen LogP contribution in [-0.2, 0) is 4.74 Å². The molecule has 0 aliphatic carbocycles. The number of methoxy groups -OCH3 is 1. The Morgan fingerprint density at radius 1 is 1.39 bits per heavy atom. The van der Waals surface area contributed by atoms with Crippen molar-refractivity contribution >= 4 is 23.2 Å². The van der Waals surface area contributed by atoms with Gasteiger partial charge in [0.2, 0.25) is 0 Å². The van der Waals surface area contributed by atoms with Crippen molar-refractivity contribution in [2.24, 2.45) is 5.73 Å². The largest absolute Gasteiger partial charge is 0.383 e. The zero-order chi connectivity index (χ0) is 13.1. The average molecular weight is 288 g/mol. The second kappa shape index (κ2) is 5.67. The number of rotatable bonds is 4. The van der Waals surface area contributed by atoms with Crippen LogP contribution in [0.25, 0.3) is 11.5 Å². The minimum Gasteiger partial charge on any atom is -0.383 e. The van der Waals surface area contributed by atoms with Crippen LogP contribution in [-0.4, -0.2) is 23.9 Å². The van der Waals surface area contributed by atoms with Crippen LogP contribution in [0, 0.1) is 0 Å². The molecule has 1 unspecified atom stereocenters. The molecule has 5 nitrogen and oxygen atoms in total. The molecule has 0 radical (unpaired) electrons. The number of nitrogens with two attached hydrogens (primary N) is 1. The van der Waals surface area contributed by atoms with Crippen molar-refractivity contribution in [3.05, 3.63) is 34.1 Å². The van der Waals surface area contributed by atoms with Crippen molar-refractivity contribution in [2.45, 2.75) is 6.04 Å². The molecule has 0 spiro atoms. The van der Waals surface area contributed by atoms with Gasteiger partial charge in [-0.15, -0.1) is 0 Å². The molecule has 18 heavy (non-hydrogen) atoms. The Bertz CT molecular complexity index is 525. The van der Waals surface area contributed by atoms with E-state index in [0.717, 1.165) is 0 Å². The summed E-state index contributed by atoms with van der Waals surface area (Å²) in [7, 11) is 1.55. The van der Waals surface area contributed by atoms with E-state index < -0.39 is 6.04 Å². The zero-order valence-electron chi connectivity index (χ0n) is 9.56. The van der Waals surface area contributed by atoms with Crippen LogP contribution in [0.1, 0.15) is 11.9 Å². The summed E-state index contributed by atoms with van der Waals surface area (Å²) >= 11 is 12.1. The number of aromatic nitrogens is 2. The molecule has 1 aromatic heterocycles. The van der Waals surface area contributed by atoms with Gasteiger partial charge in [-0.2, -0.15) is 4.98 Å². The average Bonchev–Trinajstić information content (AvgIpc) is 2.78. The highest BCUT2D eigenvalue weighted by Crippen LogP contribution is 2.33. The summed E-state index contributed by atoms with van der Waals surface area (Å²) in [5.74, 6) is 0.593. The van der Waals surface area contributed by atoms with Gasteiger partial charge in [-0.05, 0) is 12.1 Å². The summed E-state index contributed by atoms with van der Waals surface area (Å²) in [6, 6.07) is 4.68. The molecular formula is C11H11Cl2N3O2. The van der Waals surface area contributed by atoms with Gasteiger partial charge in [0.1, 0.15) is 0 Å².